The first-order valence-corrected chi connectivity index (χ1v) is 5.87. The van der Waals surface area contributed by atoms with Crippen LogP contribution in [-0.2, 0) is 0 Å². The minimum absolute atomic E-state index is 0.0272. The van der Waals surface area contributed by atoms with E-state index < -0.39 is 12.7 Å². The Kier molecular flexibility index (Phi) is 3.64. The van der Waals surface area contributed by atoms with E-state index in [1.54, 1.807) is 6.07 Å². The molecule has 0 saturated heterocycles. The molecule has 0 aliphatic heterocycles. The van der Waals surface area contributed by atoms with Gasteiger partial charge in [-0.3, -0.25) is 0 Å². The maximum Gasteiger partial charge on any atom is 0.401 e. The minimum atomic E-state index is -4.12. The van der Waals surface area contributed by atoms with Crippen molar-refractivity contribution in [2.24, 2.45) is 0 Å². The molecule has 1 fully saturated rings. The van der Waals surface area contributed by atoms with Gasteiger partial charge in [0.1, 0.15) is 0 Å². The van der Waals surface area contributed by atoms with E-state index in [0.29, 0.717) is 10.9 Å². The number of alkyl halides is 3. The maximum absolute atomic E-state index is 12.0. The average Bonchev–Trinajstić information content (AvgIpc) is 2.13. The van der Waals surface area contributed by atoms with Gasteiger partial charge in [0.15, 0.2) is 0 Å². The van der Waals surface area contributed by atoms with Gasteiger partial charge in [-0.1, -0.05) is 23.7 Å². The Balaban J connectivity index is 1.79. The third kappa shape index (κ3) is 3.61. The highest BCUT2D eigenvalue weighted by Gasteiger charge is 2.34. The molecule has 5 heteroatoms. The zero-order valence-corrected chi connectivity index (χ0v) is 9.85. The van der Waals surface area contributed by atoms with Crippen LogP contribution >= 0.6 is 11.6 Å². The fourth-order valence-electron chi connectivity index (χ4n) is 2.08. The van der Waals surface area contributed by atoms with Gasteiger partial charge in [0.25, 0.3) is 0 Å². The predicted octanol–water partition coefficient (Wildman–Crippen LogP) is 3.74. The second kappa shape index (κ2) is 4.86. The summed E-state index contributed by atoms with van der Waals surface area (Å²) in [6, 6.07) is 7.49. The molecule has 0 amide bonds. The van der Waals surface area contributed by atoms with Gasteiger partial charge in [-0.2, -0.15) is 13.2 Å². The summed E-state index contributed by atoms with van der Waals surface area (Å²) in [5, 5.41) is 3.19. The summed E-state index contributed by atoms with van der Waals surface area (Å²) in [5.41, 5.74) is 1.11. The SMILES string of the molecule is FC(F)(F)CNC1CC(c2cccc(Cl)c2)C1. The first-order chi connectivity index (χ1) is 7.94. The molecule has 0 bridgehead atoms. The molecule has 1 aromatic carbocycles. The summed E-state index contributed by atoms with van der Waals surface area (Å²) in [6.45, 7) is -0.903. The largest absolute Gasteiger partial charge is 0.401 e. The Labute approximate surface area is 103 Å². The molecule has 1 nitrogen and oxygen atoms in total. The van der Waals surface area contributed by atoms with Gasteiger partial charge >= 0.3 is 6.18 Å². The fraction of sp³-hybridized carbons (Fsp3) is 0.500. The van der Waals surface area contributed by atoms with Gasteiger partial charge in [-0.25, -0.2) is 0 Å². The molecule has 1 aromatic rings. The van der Waals surface area contributed by atoms with Crippen molar-refractivity contribution in [1.82, 2.24) is 5.32 Å². The van der Waals surface area contributed by atoms with E-state index in [0.717, 1.165) is 18.4 Å². The second-order valence-electron chi connectivity index (χ2n) is 4.42. The highest BCUT2D eigenvalue weighted by molar-refractivity contribution is 6.30. The van der Waals surface area contributed by atoms with Crippen molar-refractivity contribution in [3.63, 3.8) is 0 Å². The highest BCUT2D eigenvalue weighted by Crippen LogP contribution is 2.37. The lowest BCUT2D eigenvalue weighted by atomic mass is 9.76. The summed E-state index contributed by atoms with van der Waals surface area (Å²) < 4.78 is 35.9. The van der Waals surface area contributed by atoms with Crippen molar-refractivity contribution in [2.45, 2.75) is 31.0 Å². The van der Waals surface area contributed by atoms with Gasteiger partial charge in [0.05, 0.1) is 6.54 Å². The van der Waals surface area contributed by atoms with Gasteiger partial charge < -0.3 is 5.32 Å². The molecule has 0 unspecified atom stereocenters. The Morgan fingerprint density at radius 2 is 2.00 bits per heavy atom. The highest BCUT2D eigenvalue weighted by atomic mass is 35.5. The number of nitrogens with one attached hydrogen (secondary N) is 1. The number of rotatable bonds is 3. The summed E-state index contributed by atoms with van der Waals surface area (Å²) >= 11 is 5.86. The van der Waals surface area contributed by atoms with Gasteiger partial charge in [-0.05, 0) is 36.5 Å². The monoisotopic (exact) mass is 263 g/mol. The summed E-state index contributed by atoms with van der Waals surface area (Å²) in [4.78, 5) is 0. The third-order valence-corrected chi connectivity index (χ3v) is 3.28. The number of hydrogen-bond acceptors (Lipinski definition) is 1. The molecule has 1 saturated carbocycles. The molecule has 94 valence electrons. The van der Waals surface area contributed by atoms with E-state index >= 15 is 0 Å². The molecule has 0 spiro atoms. The van der Waals surface area contributed by atoms with Crippen LogP contribution < -0.4 is 5.32 Å². The van der Waals surface area contributed by atoms with Crippen molar-refractivity contribution in [3.8, 4) is 0 Å². The number of benzene rings is 1. The Hall–Kier alpha value is -0.740. The molecule has 1 N–H and O–H groups in total. The summed E-state index contributed by atoms with van der Waals surface area (Å²) in [7, 11) is 0. The summed E-state index contributed by atoms with van der Waals surface area (Å²) in [5.74, 6) is 0.333. The molecule has 1 aliphatic carbocycles. The van der Waals surface area contributed by atoms with Crippen LogP contribution in [0, 0.1) is 0 Å². The van der Waals surface area contributed by atoms with Crippen LogP contribution in [0.1, 0.15) is 24.3 Å². The quantitative estimate of drug-likeness (QED) is 0.876. The van der Waals surface area contributed by atoms with E-state index in [2.05, 4.69) is 5.32 Å². The maximum atomic E-state index is 12.0. The van der Waals surface area contributed by atoms with Crippen LogP contribution in [0.3, 0.4) is 0 Å². The average molecular weight is 264 g/mol. The molecule has 0 atom stereocenters. The first-order valence-electron chi connectivity index (χ1n) is 5.49. The zero-order valence-electron chi connectivity index (χ0n) is 9.10. The fourth-order valence-corrected chi connectivity index (χ4v) is 2.28. The van der Waals surface area contributed by atoms with Crippen LogP contribution in [0.15, 0.2) is 24.3 Å². The van der Waals surface area contributed by atoms with Crippen molar-refractivity contribution in [3.05, 3.63) is 34.9 Å². The molecule has 1 aliphatic rings. The van der Waals surface area contributed by atoms with Gasteiger partial charge in [-0.15, -0.1) is 0 Å². The Morgan fingerprint density at radius 3 is 2.59 bits per heavy atom. The standard InChI is InChI=1S/C12H13ClF3N/c13-10-3-1-2-8(4-10)9-5-11(6-9)17-7-12(14,15)16/h1-4,9,11,17H,5-7H2. The smallest absolute Gasteiger partial charge is 0.306 e. The van der Waals surface area contributed by atoms with Crippen molar-refractivity contribution < 1.29 is 13.2 Å². The third-order valence-electron chi connectivity index (χ3n) is 3.05. The van der Waals surface area contributed by atoms with Gasteiger partial charge in [0, 0.05) is 11.1 Å². The Bertz CT molecular complexity index is 386. The molecular weight excluding hydrogens is 251 g/mol. The van der Waals surface area contributed by atoms with E-state index in [1.807, 2.05) is 18.2 Å². The number of halogens is 4. The van der Waals surface area contributed by atoms with Crippen LogP contribution in [0.4, 0.5) is 13.2 Å². The van der Waals surface area contributed by atoms with Crippen molar-refractivity contribution in [1.29, 1.82) is 0 Å². The normalized spacial score (nSPS) is 24.5. The minimum Gasteiger partial charge on any atom is -0.306 e. The van der Waals surface area contributed by atoms with E-state index in [4.69, 9.17) is 11.6 Å². The van der Waals surface area contributed by atoms with Crippen LogP contribution in [0.25, 0.3) is 0 Å². The van der Waals surface area contributed by atoms with E-state index in [9.17, 15) is 13.2 Å². The van der Waals surface area contributed by atoms with Crippen LogP contribution in [0.2, 0.25) is 5.02 Å². The second-order valence-corrected chi connectivity index (χ2v) is 4.85. The zero-order chi connectivity index (χ0) is 12.5. The topological polar surface area (TPSA) is 12.0 Å². The lowest BCUT2D eigenvalue weighted by Gasteiger charge is -2.36. The molecule has 0 aromatic heterocycles. The van der Waals surface area contributed by atoms with Crippen LogP contribution in [-0.4, -0.2) is 18.8 Å². The summed E-state index contributed by atoms with van der Waals surface area (Å²) in [6.07, 6.45) is -2.63. The van der Waals surface area contributed by atoms with E-state index in [-0.39, 0.29) is 6.04 Å². The number of hydrogen-bond donors (Lipinski definition) is 1. The molecular formula is C12H13ClF3N. The van der Waals surface area contributed by atoms with Crippen molar-refractivity contribution >= 4 is 11.6 Å². The first kappa shape index (κ1) is 12.7. The molecule has 17 heavy (non-hydrogen) atoms. The Morgan fingerprint density at radius 1 is 1.29 bits per heavy atom. The molecule has 0 heterocycles. The predicted molar refractivity (Wildman–Crippen MR) is 61.3 cm³/mol. The van der Waals surface area contributed by atoms with Crippen LogP contribution in [0.5, 0.6) is 0 Å². The van der Waals surface area contributed by atoms with Crippen molar-refractivity contribution in [2.75, 3.05) is 6.54 Å². The lowest BCUT2D eigenvalue weighted by molar-refractivity contribution is -0.127. The molecule has 2 rings (SSSR count). The lowest BCUT2D eigenvalue weighted by Crippen LogP contribution is -2.44. The van der Waals surface area contributed by atoms with Gasteiger partial charge in [0.2, 0.25) is 0 Å². The molecule has 0 radical (unpaired) electrons. The van der Waals surface area contributed by atoms with E-state index in [1.165, 1.54) is 0 Å².